The number of carbonyl (C=O) groups excluding carboxylic acids is 3. The molecule has 37 heavy (non-hydrogen) atoms. The van der Waals surface area contributed by atoms with E-state index in [9.17, 15) is 50.1 Å². The van der Waals surface area contributed by atoms with E-state index in [0.29, 0.717) is 0 Å². The van der Waals surface area contributed by atoms with Crippen LogP contribution in [-0.4, -0.2) is 134 Å². The lowest BCUT2D eigenvalue weighted by Crippen LogP contribution is -2.61. The minimum absolute atomic E-state index is 0.185. The molecule has 0 radical (unpaired) electrons. The second-order valence-corrected chi connectivity index (χ2v) is 8.52. The summed E-state index contributed by atoms with van der Waals surface area (Å²) in [4.78, 5) is 35.5. The highest BCUT2D eigenvalue weighted by molar-refractivity contribution is 5.85. The molecule has 16 heteroatoms. The molecule has 216 valence electrons. The summed E-state index contributed by atoms with van der Waals surface area (Å²) in [6.45, 7) is 4.12. The number of rotatable bonds is 13. The molecular weight excluding hydrogens is 506 g/mol. The first-order valence-electron chi connectivity index (χ1n) is 11.6. The second-order valence-electron chi connectivity index (χ2n) is 8.52. The van der Waals surface area contributed by atoms with E-state index in [1.807, 2.05) is 5.32 Å². The van der Waals surface area contributed by atoms with Gasteiger partial charge < -0.3 is 64.7 Å². The number of aliphatic hydroxyl groups is 7. The molecule has 0 aromatic rings. The maximum atomic E-state index is 12.3. The highest BCUT2D eigenvalue weighted by Crippen LogP contribution is 2.26. The first kappa shape index (κ1) is 32.9. The maximum absolute atomic E-state index is 12.3. The Bertz CT molecular complexity index is 735. The molecule has 1 heterocycles. The summed E-state index contributed by atoms with van der Waals surface area (Å²) in [5, 5.41) is 72.1. The van der Waals surface area contributed by atoms with Gasteiger partial charge in [-0.25, -0.2) is 4.79 Å². The number of nitrogens with one attached hydrogen (secondary N) is 1. The van der Waals surface area contributed by atoms with E-state index in [0.717, 1.165) is 0 Å². The van der Waals surface area contributed by atoms with Crippen molar-refractivity contribution in [3.63, 3.8) is 0 Å². The van der Waals surface area contributed by atoms with Gasteiger partial charge in [0.05, 0.1) is 18.8 Å². The predicted molar refractivity (Wildman–Crippen MR) is 118 cm³/mol. The normalized spacial score (nSPS) is 27.9. The van der Waals surface area contributed by atoms with Crippen molar-refractivity contribution in [3.05, 3.63) is 0 Å². The Morgan fingerprint density at radius 1 is 0.946 bits per heavy atom. The van der Waals surface area contributed by atoms with Crippen LogP contribution in [0.5, 0.6) is 0 Å². The molecule has 0 bridgehead atoms. The van der Waals surface area contributed by atoms with Gasteiger partial charge in [0.25, 0.3) is 5.91 Å². The third-order valence-electron chi connectivity index (χ3n) is 5.16. The fourth-order valence-corrected chi connectivity index (χ4v) is 3.23. The summed E-state index contributed by atoms with van der Waals surface area (Å²) < 4.78 is 24.7. The second kappa shape index (κ2) is 15.3. The molecule has 10 unspecified atom stereocenters. The lowest BCUT2D eigenvalue weighted by atomic mass is 9.97. The van der Waals surface area contributed by atoms with Gasteiger partial charge in [0.2, 0.25) is 6.29 Å². The van der Waals surface area contributed by atoms with Gasteiger partial charge in [-0.3, -0.25) is 9.59 Å². The van der Waals surface area contributed by atoms with Crippen molar-refractivity contribution < 1.29 is 73.8 Å². The molecule has 0 spiro atoms. The van der Waals surface area contributed by atoms with Crippen LogP contribution in [0.1, 0.15) is 34.1 Å². The Labute approximate surface area is 212 Å². The predicted octanol–water partition coefficient (Wildman–Crippen LogP) is -3.77. The molecule has 0 saturated carbocycles. The number of hydrogen-bond donors (Lipinski definition) is 8. The van der Waals surface area contributed by atoms with Crippen molar-refractivity contribution in [1.82, 2.24) is 5.32 Å². The van der Waals surface area contributed by atoms with Gasteiger partial charge in [-0.15, -0.1) is 0 Å². The van der Waals surface area contributed by atoms with E-state index in [1.165, 1.54) is 6.92 Å². The van der Waals surface area contributed by atoms with Crippen LogP contribution in [0.25, 0.3) is 0 Å². The van der Waals surface area contributed by atoms with Crippen molar-refractivity contribution in [1.29, 1.82) is 0 Å². The van der Waals surface area contributed by atoms with Crippen LogP contribution >= 0.6 is 0 Å². The van der Waals surface area contributed by atoms with Crippen LogP contribution in [-0.2, 0) is 33.3 Å². The van der Waals surface area contributed by atoms with Crippen molar-refractivity contribution in [3.8, 4) is 0 Å². The molecule has 0 aromatic heterocycles. The standard InChI is InChI=1S/C21H37NO15/c1-5-11-13(26)14(27)17(30)20(36-11)37-18(10(24)7-23)15(28)16(29)19(31)22-6-12(25)34-9(4)35-21(32)33-8(2)3/h8-11,13-18,20,23-24,26-30H,5-7H2,1-4H3,(H,22,31). The number of carbonyl (C=O) groups is 3. The van der Waals surface area contributed by atoms with Gasteiger partial charge in [0.1, 0.15) is 43.2 Å². The molecule has 10 atom stereocenters. The number of esters is 1. The Morgan fingerprint density at radius 2 is 1.57 bits per heavy atom. The number of aliphatic hydroxyl groups excluding tert-OH is 7. The van der Waals surface area contributed by atoms with Crippen LogP contribution in [0.3, 0.4) is 0 Å². The van der Waals surface area contributed by atoms with Crippen LogP contribution < -0.4 is 5.32 Å². The third kappa shape index (κ3) is 9.91. The molecule has 1 saturated heterocycles. The van der Waals surface area contributed by atoms with Gasteiger partial charge in [0, 0.05) is 6.92 Å². The van der Waals surface area contributed by atoms with Crippen molar-refractivity contribution >= 4 is 18.0 Å². The molecule has 1 fully saturated rings. The Balaban J connectivity index is 2.73. The number of hydrogen-bond acceptors (Lipinski definition) is 15. The summed E-state index contributed by atoms with van der Waals surface area (Å²) in [7, 11) is 0. The van der Waals surface area contributed by atoms with Gasteiger partial charge in [-0.05, 0) is 20.3 Å². The largest absolute Gasteiger partial charge is 0.511 e. The lowest BCUT2D eigenvalue weighted by molar-refractivity contribution is -0.323. The van der Waals surface area contributed by atoms with Crippen LogP contribution in [0, 0.1) is 0 Å². The maximum Gasteiger partial charge on any atom is 0.511 e. The van der Waals surface area contributed by atoms with Crippen molar-refractivity contribution in [2.45, 2.75) is 102 Å². The van der Waals surface area contributed by atoms with Gasteiger partial charge in [-0.1, -0.05) is 6.92 Å². The quantitative estimate of drug-likeness (QED) is 0.0820. The summed E-state index contributed by atoms with van der Waals surface area (Å²) in [5.41, 5.74) is 0. The Hall–Kier alpha value is -2.15. The van der Waals surface area contributed by atoms with Crippen molar-refractivity contribution in [2.75, 3.05) is 13.2 Å². The third-order valence-corrected chi connectivity index (χ3v) is 5.16. The zero-order valence-electron chi connectivity index (χ0n) is 20.9. The molecule has 1 aliphatic heterocycles. The molecule has 0 aromatic carbocycles. The smallest absolute Gasteiger partial charge is 0.431 e. The van der Waals surface area contributed by atoms with E-state index in [4.69, 9.17) is 18.9 Å². The van der Waals surface area contributed by atoms with E-state index >= 15 is 0 Å². The molecule has 0 aliphatic carbocycles. The summed E-state index contributed by atoms with van der Waals surface area (Å²) >= 11 is 0. The van der Waals surface area contributed by atoms with Crippen LogP contribution in [0.4, 0.5) is 4.79 Å². The highest BCUT2D eigenvalue weighted by atomic mass is 16.8. The average Bonchev–Trinajstić information content (AvgIpc) is 2.83. The zero-order valence-corrected chi connectivity index (χ0v) is 20.9. The lowest BCUT2D eigenvalue weighted by Gasteiger charge is -2.42. The Morgan fingerprint density at radius 3 is 2.11 bits per heavy atom. The highest BCUT2D eigenvalue weighted by Gasteiger charge is 2.47. The van der Waals surface area contributed by atoms with Crippen LogP contribution in [0.15, 0.2) is 0 Å². The van der Waals surface area contributed by atoms with Gasteiger partial charge >= 0.3 is 12.1 Å². The van der Waals surface area contributed by atoms with E-state index in [-0.39, 0.29) is 6.42 Å². The topological polar surface area (TPSA) is 251 Å². The molecule has 1 amide bonds. The summed E-state index contributed by atoms with van der Waals surface area (Å²) in [6, 6.07) is 0. The minimum Gasteiger partial charge on any atom is -0.431 e. The molecule has 1 rings (SSSR count). The van der Waals surface area contributed by atoms with Gasteiger partial charge in [0.15, 0.2) is 12.4 Å². The molecular formula is C21H37NO15. The summed E-state index contributed by atoms with van der Waals surface area (Å²) in [6.07, 6.45) is -18.9. The van der Waals surface area contributed by atoms with Crippen LogP contribution in [0.2, 0.25) is 0 Å². The van der Waals surface area contributed by atoms with Crippen molar-refractivity contribution in [2.24, 2.45) is 0 Å². The molecule has 16 nitrogen and oxygen atoms in total. The minimum atomic E-state index is -2.33. The number of ether oxygens (including phenoxy) is 5. The fourth-order valence-electron chi connectivity index (χ4n) is 3.23. The first-order chi connectivity index (χ1) is 17.2. The monoisotopic (exact) mass is 543 g/mol. The van der Waals surface area contributed by atoms with Gasteiger partial charge in [-0.2, -0.15) is 0 Å². The average molecular weight is 544 g/mol. The molecule has 8 N–H and O–H groups in total. The number of amides is 1. The molecule has 1 aliphatic rings. The van der Waals surface area contributed by atoms with E-state index < -0.39 is 98.7 Å². The first-order valence-corrected chi connectivity index (χ1v) is 11.6. The zero-order chi connectivity index (χ0) is 28.4. The SMILES string of the molecule is CCC1OC(OC(C(O)CO)C(O)C(O)C(=O)NCC(=O)OC(C)OC(=O)OC(C)C)C(O)C(O)C1O. The van der Waals surface area contributed by atoms with E-state index in [2.05, 4.69) is 4.74 Å². The fraction of sp³-hybridized carbons (Fsp3) is 0.857. The summed E-state index contributed by atoms with van der Waals surface area (Å²) in [5.74, 6) is -2.40. The Kier molecular flexibility index (Phi) is 13.6. The van der Waals surface area contributed by atoms with E-state index in [1.54, 1.807) is 20.8 Å².